The maximum absolute atomic E-state index is 9.03. The second-order valence-electron chi connectivity index (χ2n) is 5.77. The molecule has 1 heterocycles. The Balaban J connectivity index is 1.78. The first kappa shape index (κ1) is 13.6. The summed E-state index contributed by atoms with van der Waals surface area (Å²) < 4.78 is 0. The smallest absolute Gasteiger partial charge is 0.0431 e. The fourth-order valence-corrected chi connectivity index (χ4v) is 3.41. The van der Waals surface area contributed by atoms with Crippen LogP contribution in [0.5, 0.6) is 0 Å². The molecule has 1 aliphatic heterocycles. The van der Waals surface area contributed by atoms with E-state index >= 15 is 0 Å². The molecule has 0 aliphatic carbocycles. The van der Waals surface area contributed by atoms with Crippen molar-refractivity contribution in [1.29, 1.82) is 0 Å². The molecule has 1 aliphatic rings. The highest BCUT2D eigenvalue weighted by Gasteiger charge is 2.24. The molecule has 0 saturated carbocycles. The number of rotatable bonds is 5. The Morgan fingerprint density at radius 1 is 1.10 bits per heavy atom. The van der Waals surface area contributed by atoms with E-state index < -0.39 is 0 Å². The zero-order valence-corrected chi connectivity index (χ0v) is 12.0. The maximum atomic E-state index is 9.03. The summed E-state index contributed by atoms with van der Waals surface area (Å²) in [6, 6.07) is 15.9. The minimum absolute atomic E-state index is 0.318. The Hall–Kier alpha value is -1.38. The molecule has 2 heteroatoms. The lowest BCUT2D eigenvalue weighted by Gasteiger charge is -2.25. The summed E-state index contributed by atoms with van der Waals surface area (Å²) in [5.74, 6) is 0. The van der Waals surface area contributed by atoms with Crippen molar-refractivity contribution in [2.24, 2.45) is 0 Å². The first-order chi connectivity index (χ1) is 9.88. The SMILES string of the molecule is OCCC[C@@H]1CCCN1Cc1cccc2ccccc12. The van der Waals surface area contributed by atoms with Crippen molar-refractivity contribution < 1.29 is 5.11 Å². The van der Waals surface area contributed by atoms with Gasteiger partial charge in [0.25, 0.3) is 0 Å². The number of aliphatic hydroxyl groups is 1. The van der Waals surface area contributed by atoms with Crippen molar-refractivity contribution in [2.45, 2.75) is 38.3 Å². The number of aliphatic hydroxyl groups excluding tert-OH is 1. The molecule has 1 atom stereocenters. The van der Waals surface area contributed by atoms with E-state index in [2.05, 4.69) is 47.4 Å². The second kappa shape index (κ2) is 6.38. The van der Waals surface area contributed by atoms with Gasteiger partial charge < -0.3 is 5.11 Å². The molecule has 1 N–H and O–H groups in total. The van der Waals surface area contributed by atoms with Crippen molar-refractivity contribution in [1.82, 2.24) is 4.90 Å². The minimum Gasteiger partial charge on any atom is -0.396 e. The number of nitrogens with zero attached hydrogens (tertiary/aromatic N) is 1. The topological polar surface area (TPSA) is 23.5 Å². The Labute approximate surface area is 121 Å². The van der Waals surface area contributed by atoms with Crippen LogP contribution in [0.3, 0.4) is 0 Å². The van der Waals surface area contributed by atoms with Crippen LogP contribution >= 0.6 is 0 Å². The van der Waals surface area contributed by atoms with Crippen LogP contribution in [-0.2, 0) is 6.54 Å². The number of hydrogen-bond acceptors (Lipinski definition) is 2. The summed E-state index contributed by atoms with van der Waals surface area (Å²) >= 11 is 0. The third-order valence-electron chi connectivity index (χ3n) is 4.45. The van der Waals surface area contributed by atoms with Gasteiger partial charge in [-0.15, -0.1) is 0 Å². The number of fused-ring (bicyclic) bond motifs is 1. The average Bonchev–Trinajstić information content (AvgIpc) is 2.93. The number of benzene rings is 2. The summed E-state index contributed by atoms with van der Waals surface area (Å²) in [6.07, 6.45) is 4.63. The van der Waals surface area contributed by atoms with Crippen LogP contribution in [0.25, 0.3) is 10.8 Å². The van der Waals surface area contributed by atoms with Crippen molar-refractivity contribution in [2.75, 3.05) is 13.2 Å². The molecule has 2 nitrogen and oxygen atoms in total. The molecule has 0 radical (unpaired) electrons. The van der Waals surface area contributed by atoms with Crippen LogP contribution < -0.4 is 0 Å². The van der Waals surface area contributed by atoms with Crippen LogP contribution in [0, 0.1) is 0 Å². The predicted octanol–water partition coefficient (Wildman–Crippen LogP) is 3.58. The standard InChI is InChI=1S/C18H23NO/c20-13-5-10-17-9-4-12-19(17)14-16-8-3-7-15-6-1-2-11-18(15)16/h1-3,6-8,11,17,20H,4-5,9-10,12-14H2/t17-/m0/s1. The summed E-state index contributed by atoms with van der Waals surface area (Å²) in [5, 5.41) is 11.7. The Bertz CT molecular complexity index is 561. The van der Waals surface area contributed by atoms with Gasteiger partial charge in [-0.1, -0.05) is 42.5 Å². The lowest BCUT2D eigenvalue weighted by Crippen LogP contribution is -2.29. The normalized spacial score (nSPS) is 19.8. The monoisotopic (exact) mass is 269 g/mol. The van der Waals surface area contributed by atoms with Gasteiger partial charge in [0.1, 0.15) is 0 Å². The van der Waals surface area contributed by atoms with E-state index in [-0.39, 0.29) is 0 Å². The van der Waals surface area contributed by atoms with E-state index in [0.29, 0.717) is 12.6 Å². The van der Waals surface area contributed by atoms with Crippen LogP contribution in [0.4, 0.5) is 0 Å². The van der Waals surface area contributed by atoms with Gasteiger partial charge in [0.2, 0.25) is 0 Å². The third-order valence-corrected chi connectivity index (χ3v) is 4.45. The first-order valence-corrected chi connectivity index (χ1v) is 7.70. The summed E-state index contributed by atoms with van der Waals surface area (Å²) in [7, 11) is 0. The Kier molecular flexibility index (Phi) is 4.34. The first-order valence-electron chi connectivity index (χ1n) is 7.70. The molecule has 0 amide bonds. The fourth-order valence-electron chi connectivity index (χ4n) is 3.41. The van der Waals surface area contributed by atoms with E-state index in [0.717, 1.165) is 19.4 Å². The van der Waals surface area contributed by atoms with Crippen molar-refractivity contribution in [3.05, 3.63) is 48.0 Å². The van der Waals surface area contributed by atoms with E-state index in [1.165, 1.54) is 35.7 Å². The molecular weight excluding hydrogens is 246 g/mol. The minimum atomic E-state index is 0.318. The maximum Gasteiger partial charge on any atom is 0.0431 e. The van der Waals surface area contributed by atoms with Crippen LogP contribution in [0.2, 0.25) is 0 Å². The molecule has 3 rings (SSSR count). The summed E-state index contributed by atoms with van der Waals surface area (Å²) in [4.78, 5) is 2.59. The van der Waals surface area contributed by atoms with Crippen molar-refractivity contribution >= 4 is 10.8 Å². The van der Waals surface area contributed by atoms with E-state index in [4.69, 9.17) is 5.11 Å². The van der Waals surface area contributed by atoms with Gasteiger partial charge in [-0.3, -0.25) is 4.90 Å². The van der Waals surface area contributed by atoms with Gasteiger partial charge in [0, 0.05) is 19.2 Å². The summed E-state index contributed by atoms with van der Waals surface area (Å²) in [5.41, 5.74) is 1.43. The zero-order chi connectivity index (χ0) is 13.8. The van der Waals surface area contributed by atoms with E-state index in [9.17, 15) is 0 Å². The number of likely N-dealkylation sites (tertiary alicyclic amines) is 1. The quantitative estimate of drug-likeness (QED) is 0.897. The largest absolute Gasteiger partial charge is 0.396 e. The molecule has 0 spiro atoms. The fraction of sp³-hybridized carbons (Fsp3) is 0.444. The van der Waals surface area contributed by atoms with E-state index in [1.54, 1.807) is 0 Å². The highest BCUT2D eigenvalue weighted by molar-refractivity contribution is 5.85. The molecule has 106 valence electrons. The zero-order valence-electron chi connectivity index (χ0n) is 12.0. The Morgan fingerprint density at radius 3 is 2.85 bits per heavy atom. The van der Waals surface area contributed by atoms with Gasteiger partial charge in [0.05, 0.1) is 0 Å². The molecule has 1 saturated heterocycles. The molecule has 1 fully saturated rings. The molecule has 0 aromatic heterocycles. The molecule has 20 heavy (non-hydrogen) atoms. The second-order valence-corrected chi connectivity index (χ2v) is 5.77. The van der Waals surface area contributed by atoms with Crippen LogP contribution in [0.15, 0.2) is 42.5 Å². The average molecular weight is 269 g/mol. The van der Waals surface area contributed by atoms with Crippen LogP contribution in [-0.4, -0.2) is 29.2 Å². The van der Waals surface area contributed by atoms with E-state index in [1.807, 2.05) is 0 Å². The van der Waals surface area contributed by atoms with Gasteiger partial charge in [-0.25, -0.2) is 0 Å². The molecular formula is C18H23NO. The predicted molar refractivity (Wildman–Crippen MR) is 83.7 cm³/mol. The van der Waals surface area contributed by atoms with Gasteiger partial charge >= 0.3 is 0 Å². The highest BCUT2D eigenvalue weighted by Crippen LogP contribution is 2.26. The lowest BCUT2D eigenvalue weighted by molar-refractivity contribution is 0.210. The highest BCUT2D eigenvalue weighted by atomic mass is 16.2. The number of hydrogen-bond donors (Lipinski definition) is 1. The molecule has 0 bridgehead atoms. The van der Waals surface area contributed by atoms with Crippen molar-refractivity contribution in [3.8, 4) is 0 Å². The molecule has 0 unspecified atom stereocenters. The van der Waals surface area contributed by atoms with Crippen molar-refractivity contribution in [3.63, 3.8) is 0 Å². The van der Waals surface area contributed by atoms with Gasteiger partial charge in [-0.05, 0) is 48.6 Å². The lowest BCUT2D eigenvalue weighted by atomic mass is 10.0. The van der Waals surface area contributed by atoms with Gasteiger partial charge in [0.15, 0.2) is 0 Å². The third kappa shape index (κ3) is 2.87. The van der Waals surface area contributed by atoms with Gasteiger partial charge in [-0.2, -0.15) is 0 Å². The molecule has 2 aromatic carbocycles. The van der Waals surface area contributed by atoms with Crippen LogP contribution in [0.1, 0.15) is 31.2 Å². The molecule has 2 aromatic rings. The Morgan fingerprint density at radius 2 is 1.95 bits per heavy atom. The summed E-state index contributed by atoms with van der Waals surface area (Å²) in [6.45, 7) is 2.55.